The van der Waals surface area contributed by atoms with E-state index in [4.69, 9.17) is 19.9 Å². The van der Waals surface area contributed by atoms with Gasteiger partial charge in [0.2, 0.25) is 6.79 Å². The van der Waals surface area contributed by atoms with Crippen LogP contribution in [0, 0.1) is 5.41 Å². The maximum atomic E-state index is 13.0. The lowest BCUT2D eigenvalue weighted by Crippen LogP contribution is -2.71. The van der Waals surface area contributed by atoms with Crippen molar-refractivity contribution in [3.8, 4) is 0 Å². The van der Waals surface area contributed by atoms with E-state index in [-0.39, 0.29) is 23.1 Å². The lowest BCUT2D eigenvalue weighted by atomic mass is 9.94. The van der Waals surface area contributed by atoms with Gasteiger partial charge in [-0.15, -0.1) is 29.7 Å². The second kappa shape index (κ2) is 11.1. The van der Waals surface area contributed by atoms with E-state index in [0.29, 0.717) is 11.3 Å². The Kier molecular flexibility index (Phi) is 8.37. The molecule has 36 heavy (non-hydrogen) atoms. The lowest BCUT2D eigenvalue weighted by Gasteiger charge is -2.49. The van der Waals surface area contributed by atoms with Gasteiger partial charge < -0.3 is 30.5 Å². The highest BCUT2D eigenvalue weighted by molar-refractivity contribution is 8.00. The maximum Gasteiger partial charge on any atom is 0.358 e. The van der Waals surface area contributed by atoms with Crippen LogP contribution in [0.5, 0.6) is 0 Å². The van der Waals surface area contributed by atoms with Gasteiger partial charge in [-0.2, -0.15) is 0 Å². The SMILES string of the molecule is C=CC(C)(C)C(=O)OCOC(=O)C1=C(COC)CS[C@H]2C(NC(=O)/C(=N\O)c3csc(N)n3)C(=O)N12. The number of amides is 2. The third kappa shape index (κ3) is 5.37. The van der Waals surface area contributed by atoms with Gasteiger partial charge in [-0.3, -0.25) is 19.3 Å². The third-order valence-electron chi connectivity index (χ3n) is 5.34. The number of rotatable bonds is 10. The Morgan fingerprint density at radius 3 is 2.72 bits per heavy atom. The van der Waals surface area contributed by atoms with Gasteiger partial charge in [-0.25, -0.2) is 9.78 Å². The first-order valence-corrected chi connectivity index (χ1v) is 12.4. The molecule has 0 spiro atoms. The highest BCUT2D eigenvalue weighted by Crippen LogP contribution is 2.40. The predicted octanol–water partition coefficient (Wildman–Crippen LogP) is 0.460. The van der Waals surface area contributed by atoms with E-state index in [9.17, 15) is 24.4 Å². The number of nitrogens with two attached hydrogens (primary N) is 1. The molecule has 15 heteroatoms. The zero-order valence-corrected chi connectivity index (χ0v) is 21.3. The molecule has 1 fully saturated rings. The van der Waals surface area contributed by atoms with Crippen LogP contribution in [-0.4, -0.2) is 82.2 Å². The Balaban J connectivity index is 1.71. The number of anilines is 1. The molecule has 0 aliphatic carbocycles. The van der Waals surface area contributed by atoms with E-state index in [1.165, 1.54) is 35.2 Å². The van der Waals surface area contributed by atoms with E-state index in [1.807, 2.05) is 0 Å². The number of thioether (sulfide) groups is 1. The Bertz CT molecular complexity index is 1150. The highest BCUT2D eigenvalue weighted by Gasteiger charge is 2.54. The first kappa shape index (κ1) is 27.2. The number of fused-ring (bicyclic) bond motifs is 1. The molecule has 2 amide bonds. The molecule has 3 heterocycles. The highest BCUT2D eigenvalue weighted by atomic mass is 32.2. The van der Waals surface area contributed by atoms with Crippen LogP contribution in [0.2, 0.25) is 0 Å². The van der Waals surface area contributed by atoms with E-state index in [2.05, 4.69) is 22.0 Å². The molecular formula is C21H25N5O8S2. The molecule has 0 aromatic carbocycles. The molecule has 1 saturated heterocycles. The predicted molar refractivity (Wildman–Crippen MR) is 130 cm³/mol. The number of ether oxygens (including phenoxy) is 3. The van der Waals surface area contributed by atoms with Crippen LogP contribution in [0.25, 0.3) is 0 Å². The van der Waals surface area contributed by atoms with Crippen molar-refractivity contribution < 1.29 is 38.6 Å². The summed E-state index contributed by atoms with van der Waals surface area (Å²) in [6, 6.07) is -1.01. The van der Waals surface area contributed by atoms with Crippen LogP contribution in [-0.2, 0) is 33.4 Å². The topological polar surface area (TPSA) is 183 Å². The Morgan fingerprint density at radius 2 is 2.14 bits per heavy atom. The van der Waals surface area contributed by atoms with Crippen LogP contribution in [0.1, 0.15) is 19.5 Å². The van der Waals surface area contributed by atoms with Gasteiger partial charge in [-0.1, -0.05) is 11.2 Å². The largest absolute Gasteiger partial charge is 0.427 e. The number of hydrogen-bond donors (Lipinski definition) is 3. The van der Waals surface area contributed by atoms with Crippen molar-refractivity contribution in [2.75, 3.05) is 32.0 Å². The molecule has 3 rings (SSSR count). The number of hydrogen-bond acceptors (Lipinski definition) is 13. The van der Waals surface area contributed by atoms with Gasteiger partial charge in [0.25, 0.3) is 11.8 Å². The van der Waals surface area contributed by atoms with E-state index in [0.717, 1.165) is 11.3 Å². The van der Waals surface area contributed by atoms with E-state index < -0.39 is 53.1 Å². The van der Waals surface area contributed by atoms with Crippen LogP contribution < -0.4 is 11.1 Å². The van der Waals surface area contributed by atoms with Gasteiger partial charge in [0.05, 0.1) is 12.0 Å². The zero-order valence-electron chi connectivity index (χ0n) is 19.7. The quantitative estimate of drug-likeness (QED) is 0.0714. The average Bonchev–Trinajstić information content (AvgIpc) is 3.28. The second-order valence-electron chi connectivity index (χ2n) is 8.17. The van der Waals surface area contributed by atoms with Gasteiger partial charge in [0.1, 0.15) is 22.8 Å². The summed E-state index contributed by atoms with van der Waals surface area (Å²) >= 11 is 2.35. The lowest BCUT2D eigenvalue weighted by molar-refractivity contribution is -0.172. The molecule has 194 valence electrons. The van der Waals surface area contributed by atoms with E-state index in [1.54, 1.807) is 13.8 Å². The van der Waals surface area contributed by atoms with Crippen molar-refractivity contribution in [1.29, 1.82) is 0 Å². The van der Waals surface area contributed by atoms with Crippen molar-refractivity contribution in [2.45, 2.75) is 25.3 Å². The molecule has 0 radical (unpaired) electrons. The summed E-state index contributed by atoms with van der Waals surface area (Å²) < 4.78 is 15.3. The number of thiazole rings is 1. The Hall–Kier alpha value is -3.43. The normalized spacial score (nSPS) is 19.8. The average molecular weight is 540 g/mol. The number of carbonyl (C=O) groups is 4. The molecule has 0 bridgehead atoms. The standard InChI is InChI=1S/C21H25N5O8S2/c1-5-21(2,3)19(30)34-9-33-18(29)14-10(6-32-4)7-35-17-13(16(28)26(14)17)24-15(27)12(25-31)11-8-36-20(22)23-11/h5,8,13,17,31H,1,6-7,9H2,2-4H3,(H2,22,23)(H,24,27)/b25-12-/t13?,17-/m0/s1. The summed E-state index contributed by atoms with van der Waals surface area (Å²) in [6.07, 6.45) is 1.41. The minimum absolute atomic E-state index is 0.0431. The van der Waals surface area contributed by atoms with Crippen LogP contribution in [0.15, 0.2) is 34.5 Å². The number of carbonyl (C=O) groups excluding carboxylic acids is 4. The molecular weight excluding hydrogens is 514 g/mol. The fourth-order valence-corrected chi connectivity index (χ4v) is 5.13. The molecule has 1 aromatic rings. The van der Waals surface area contributed by atoms with Gasteiger partial charge >= 0.3 is 11.9 Å². The fourth-order valence-electron chi connectivity index (χ4n) is 3.25. The summed E-state index contributed by atoms with van der Waals surface area (Å²) in [5.74, 6) is -2.63. The summed E-state index contributed by atoms with van der Waals surface area (Å²) in [6.45, 7) is 6.14. The molecule has 13 nitrogen and oxygen atoms in total. The summed E-state index contributed by atoms with van der Waals surface area (Å²) in [5.41, 5.74) is 4.69. The second-order valence-corrected chi connectivity index (χ2v) is 10.2. The fraction of sp³-hybridized carbons (Fsp3) is 0.429. The number of nitrogen functional groups attached to an aromatic ring is 1. The number of nitrogens with zero attached hydrogens (tertiary/aromatic N) is 3. The van der Waals surface area contributed by atoms with Crippen molar-refractivity contribution >= 4 is 57.7 Å². The van der Waals surface area contributed by atoms with Crippen molar-refractivity contribution in [1.82, 2.24) is 15.2 Å². The number of esters is 2. The van der Waals surface area contributed by atoms with Gasteiger partial charge in [-0.05, 0) is 19.4 Å². The van der Waals surface area contributed by atoms with Crippen molar-refractivity contribution in [3.63, 3.8) is 0 Å². The number of β-lactam (4-membered cyclic amide) rings is 1. The molecule has 2 aliphatic heterocycles. The van der Waals surface area contributed by atoms with Gasteiger partial charge in [0.15, 0.2) is 10.8 Å². The van der Waals surface area contributed by atoms with Crippen LogP contribution >= 0.6 is 23.1 Å². The molecule has 1 aromatic heterocycles. The number of nitrogens with one attached hydrogen (secondary N) is 1. The maximum absolute atomic E-state index is 13.0. The monoisotopic (exact) mass is 539 g/mol. The number of oxime groups is 1. The molecule has 2 aliphatic rings. The molecule has 2 atom stereocenters. The smallest absolute Gasteiger partial charge is 0.358 e. The van der Waals surface area contributed by atoms with Crippen LogP contribution in [0.3, 0.4) is 0 Å². The summed E-state index contributed by atoms with van der Waals surface area (Å²) in [4.78, 5) is 55.7. The van der Waals surface area contributed by atoms with E-state index >= 15 is 0 Å². The number of aromatic nitrogens is 1. The summed E-state index contributed by atoms with van der Waals surface area (Å²) in [5, 5.41) is 15.7. The summed E-state index contributed by atoms with van der Waals surface area (Å²) in [7, 11) is 1.44. The van der Waals surface area contributed by atoms with Crippen molar-refractivity contribution in [3.05, 3.63) is 35.0 Å². The number of methoxy groups -OCH3 is 1. The van der Waals surface area contributed by atoms with Gasteiger partial charge in [0, 0.05) is 18.2 Å². The Labute approximate surface area is 214 Å². The van der Waals surface area contributed by atoms with Crippen molar-refractivity contribution in [2.24, 2.45) is 10.6 Å². The molecule has 0 saturated carbocycles. The minimum Gasteiger partial charge on any atom is -0.427 e. The molecule has 4 N–H and O–H groups in total. The zero-order chi connectivity index (χ0) is 26.6. The van der Waals surface area contributed by atoms with Crippen LogP contribution in [0.4, 0.5) is 5.13 Å². The Morgan fingerprint density at radius 1 is 1.42 bits per heavy atom. The minimum atomic E-state index is -1.01. The third-order valence-corrected chi connectivity index (χ3v) is 7.36. The first-order valence-electron chi connectivity index (χ1n) is 10.4. The molecule has 1 unspecified atom stereocenters. The first-order chi connectivity index (χ1) is 17.0.